The average molecular weight is 1070 g/mol. The second kappa shape index (κ2) is 25.0. The van der Waals surface area contributed by atoms with Crippen molar-refractivity contribution in [2.45, 2.75) is 170 Å². The lowest BCUT2D eigenvalue weighted by atomic mass is 9.76. The fourth-order valence-corrected chi connectivity index (χ4v) is 10.4. The third-order valence-electron chi connectivity index (χ3n) is 14.8. The van der Waals surface area contributed by atoms with Gasteiger partial charge in [-0.2, -0.15) is 0 Å². The molecule has 22 nitrogen and oxygen atoms in total. The number of halogens is 3. The Morgan fingerprint density at radius 3 is 2.11 bits per heavy atom. The van der Waals surface area contributed by atoms with Crippen LogP contribution in [0.5, 0.6) is 0 Å². The summed E-state index contributed by atoms with van der Waals surface area (Å²) >= 11 is 0. The van der Waals surface area contributed by atoms with E-state index in [2.05, 4.69) is 10.3 Å². The van der Waals surface area contributed by atoms with Gasteiger partial charge in [-0.25, -0.2) is 22.6 Å². The van der Waals surface area contributed by atoms with Gasteiger partial charge in [-0.15, -0.1) is 5.10 Å². The monoisotopic (exact) mass is 1070 g/mol. The van der Waals surface area contributed by atoms with Crippen molar-refractivity contribution in [3.8, 4) is 11.3 Å². The quantitative estimate of drug-likeness (QED) is 0.0598. The number of aromatic nitrogens is 3. The molecule has 20 atom stereocenters. The number of amides is 1. The standard InChI is InChI=1S/C50H67F3N4O18/c1-4-10-31(46(66)56-13-9-14-56)70-44-39(62)34(21-59)73-50(45(44)74-47(67)26-11-7-6-8-12-26)71-32-16-24(15-25(5-2)43(32)75-49-42(65)41(64)37(60)23(3)69-49)22-68-48-40(63)36(38(61)33(20-58)72-48)57-19-30(54-55-57)27-17-28(51)35(53)29(52)18-27/h6-8,11-12,17-19,23-25,31-34,36-45,48-50,58-65H,4-5,9-10,13-16,20-22H2,1-3H3/t23?,24?,25?,31-,32+,33?,34?,36?,37+,38+,39-,40?,41?,42?,43?,44?,45?,48-,49-,50+/m0/s1. The van der Waals surface area contributed by atoms with Crippen molar-refractivity contribution in [1.82, 2.24) is 19.9 Å². The summed E-state index contributed by atoms with van der Waals surface area (Å²) in [5.41, 5.74) is -0.223. The molecule has 12 unspecified atom stereocenters. The molecule has 8 N–H and O–H groups in total. The molecule has 2 aromatic carbocycles. The van der Waals surface area contributed by atoms with Crippen LogP contribution in [0.15, 0.2) is 48.7 Å². The largest absolute Gasteiger partial charge is 0.450 e. The maximum Gasteiger partial charge on any atom is 0.338 e. The summed E-state index contributed by atoms with van der Waals surface area (Å²) in [6.07, 6.45) is -21.4. The number of hydrogen-bond donors (Lipinski definition) is 8. The Balaban J connectivity index is 1.09. The summed E-state index contributed by atoms with van der Waals surface area (Å²) in [5.74, 6) is -6.89. The zero-order valence-corrected chi connectivity index (χ0v) is 41.5. The number of esters is 1. The molecular weight excluding hydrogens is 1000 g/mol. The number of carbonyl (C=O) groups excluding carboxylic acids is 2. The van der Waals surface area contributed by atoms with Crippen molar-refractivity contribution >= 4 is 11.9 Å². The molecule has 1 saturated carbocycles. The third kappa shape index (κ3) is 12.4. The Bertz CT molecular complexity index is 2340. The third-order valence-corrected chi connectivity index (χ3v) is 14.8. The number of carbonyl (C=O) groups is 2. The first-order valence-corrected chi connectivity index (χ1v) is 25.4. The van der Waals surface area contributed by atoms with E-state index in [1.54, 1.807) is 23.1 Å². The fraction of sp³-hybridized carbons (Fsp3) is 0.680. The van der Waals surface area contributed by atoms with Gasteiger partial charge < -0.3 is 83.6 Å². The SMILES string of the molecule is CCC[C@H](OC1C(OC(=O)c2ccccc2)[C@H](O[C@@H]2CC(CO[C@H]3OC(CO)[C@@H](O)C(n4cc(-c5cc(F)c(F)c(F)c5)nn4)C3O)CC(CC)C2O[C@@H]2OC(C)[C@@H](O)C(O)C2O)OC(CO)[C@@H]1O)C(=O)N1CCC1. The Hall–Kier alpha value is -4.29. The number of nitrogens with zero attached hydrogens (tertiary/aromatic N) is 4. The molecule has 1 aromatic heterocycles. The molecule has 8 rings (SSSR count). The van der Waals surface area contributed by atoms with Gasteiger partial charge in [0, 0.05) is 18.7 Å². The number of benzene rings is 2. The summed E-state index contributed by atoms with van der Waals surface area (Å²) < 4.78 is 93.3. The molecule has 416 valence electrons. The summed E-state index contributed by atoms with van der Waals surface area (Å²) in [6.45, 7) is 4.45. The molecule has 25 heteroatoms. The summed E-state index contributed by atoms with van der Waals surface area (Å²) in [5, 5.41) is 96.1. The molecule has 75 heavy (non-hydrogen) atoms. The van der Waals surface area contributed by atoms with E-state index in [4.69, 9.17) is 37.9 Å². The summed E-state index contributed by atoms with van der Waals surface area (Å²) in [6, 6.07) is 7.90. The number of hydrogen-bond acceptors (Lipinski definition) is 20. The van der Waals surface area contributed by atoms with Gasteiger partial charge in [-0.1, -0.05) is 50.1 Å². The smallest absolute Gasteiger partial charge is 0.338 e. The highest BCUT2D eigenvalue weighted by Gasteiger charge is 2.54. The Morgan fingerprint density at radius 1 is 0.787 bits per heavy atom. The zero-order chi connectivity index (χ0) is 53.8. The van der Waals surface area contributed by atoms with Gasteiger partial charge in [-0.05, 0) is 68.7 Å². The fourth-order valence-electron chi connectivity index (χ4n) is 10.4. The maximum atomic E-state index is 14.2. The topological polar surface area (TPSA) is 304 Å². The van der Waals surface area contributed by atoms with Gasteiger partial charge in [0.05, 0.1) is 49.9 Å². The van der Waals surface area contributed by atoms with E-state index in [-0.39, 0.29) is 42.2 Å². The highest BCUT2D eigenvalue weighted by Crippen LogP contribution is 2.41. The molecule has 5 heterocycles. The maximum absolute atomic E-state index is 14.2. The molecule has 4 aliphatic heterocycles. The lowest BCUT2D eigenvalue weighted by molar-refractivity contribution is -0.351. The number of likely N-dealkylation sites (tertiary alicyclic amines) is 1. The van der Waals surface area contributed by atoms with Crippen LogP contribution in [0.1, 0.15) is 75.7 Å². The van der Waals surface area contributed by atoms with E-state index >= 15 is 0 Å². The van der Waals surface area contributed by atoms with Gasteiger partial charge in [0.15, 0.2) is 42.4 Å². The van der Waals surface area contributed by atoms with E-state index in [0.29, 0.717) is 44.5 Å². The number of aliphatic hydroxyl groups is 8. The van der Waals surface area contributed by atoms with Crippen molar-refractivity contribution in [1.29, 1.82) is 0 Å². The molecule has 5 fully saturated rings. The van der Waals surface area contributed by atoms with Gasteiger partial charge in [0.25, 0.3) is 5.91 Å². The van der Waals surface area contributed by atoms with Crippen LogP contribution in [0.2, 0.25) is 0 Å². The normalized spacial score (nSPS) is 36.7. The van der Waals surface area contributed by atoms with E-state index in [1.165, 1.54) is 19.1 Å². The van der Waals surface area contributed by atoms with E-state index in [1.807, 2.05) is 13.8 Å². The van der Waals surface area contributed by atoms with E-state index in [9.17, 15) is 63.6 Å². The Morgan fingerprint density at radius 2 is 1.47 bits per heavy atom. The second-order valence-corrected chi connectivity index (χ2v) is 19.8. The zero-order valence-electron chi connectivity index (χ0n) is 41.5. The first-order chi connectivity index (χ1) is 36.0. The molecule has 0 radical (unpaired) electrons. The molecule has 3 aromatic rings. The first kappa shape index (κ1) is 56.9. The van der Waals surface area contributed by atoms with Crippen molar-refractivity contribution < 1.29 is 102 Å². The number of aliphatic hydroxyl groups excluding tert-OH is 8. The van der Waals surface area contributed by atoms with Crippen LogP contribution in [-0.4, -0.2) is 210 Å². The highest BCUT2D eigenvalue weighted by atomic mass is 19.2. The van der Waals surface area contributed by atoms with Gasteiger partial charge in [0.1, 0.15) is 72.8 Å². The number of rotatable bonds is 19. The van der Waals surface area contributed by atoms with E-state index < -0.39 is 159 Å². The van der Waals surface area contributed by atoms with Crippen LogP contribution in [0.4, 0.5) is 13.2 Å². The van der Waals surface area contributed by atoms with Crippen LogP contribution < -0.4 is 0 Å². The van der Waals surface area contributed by atoms with Crippen molar-refractivity contribution in [2.75, 3.05) is 32.9 Å². The predicted molar refractivity (Wildman–Crippen MR) is 249 cm³/mol. The molecule has 0 bridgehead atoms. The van der Waals surface area contributed by atoms with Crippen molar-refractivity contribution in [3.05, 3.63) is 71.7 Å². The molecule has 4 saturated heterocycles. The second-order valence-electron chi connectivity index (χ2n) is 19.8. The minimum atomic E-state index is -1.74. The van der Waals surface area contributed by atoms with Crippen molar-refractivity contribution in [2.24, 2.45) is 11.8 Å². The van der Waals surface area contributed by atoms with Crippen LogP contribution in [0, 0.1) is 29.3 Å². The first-order valence-electron chi connectivity index (χ1n) is 25.4. The average Bonchev–Trinajstić information content (AvgIpc) is 3.87. The number of ether oxygens (including phenoxy) is 8. The molecule has 0 spiro atoms. The molecule has 1 amide bonds. The summed E-state index contributed by atoms with van der Waals surface area (Å²) in [7, 11) is 0. The van der Waals surface area contributed by atoms with Gasteiger partial charge >= 0.3 is 5.97 Å². The Kier molecular flexibility index (Phi) is 19.0. The molecule has 5 aliphatic rings. The molecule has 1 aliphatic carbocycles. The predicted octanol–water partition coefficient (Wildman–Crippen LogP) is 0.483. The van der Waals surface area contributed by atoms with Crippen molar-refractivity contribution in [3.63, 3.8) is 0 Å². The minimum absolute atomic E-state index is 0.00320. The lowest BCUT2D eigenvalue weighted by Crippen LogP contribution is -2.64. The summed E-state index contributed by atoms with van der Waals surface area (Å²) in [4.78, 5) is 29.3. The highest BCUT2D eigenvalue weighted by molar-refractivity contribution is 5.89. The van der Waals surface area contributed by atoms with Crippen LogP contribution in [-0.2, 0) is 42.7 Å². The molecular formula is C50H67F3N4O18. The van der Waals surface area contributed by atoms with Gasteiger partial charge in [0.2, 0.25) is 0 Å². The minimum Gasteiger partial charge on any atom is -0.450 e. The Labute approximate surface area is 429 Å². The van der Waals surface area contributed by atoms with Gasteiger partial charge in [-0.3, -0.25) is 4.79 Å². The van der Waals surface area contributed by atoms with E-state index in [0.717, 1.165) is 17.3 Å². The lowest BCUT2D eigenvalue weighted by Gasteiger charge is -2.49. The van der Waals surface area contributed by atoms with Crippen LogP contribution >= 0.6 is 0 Å². The van der Waals surface area contributed by atoms with Crippen LogP contribution in [0.3, 0.4) is 0 Å². The van der Waals surface area contributed by atoms with Crippen LogP contribution in [0.25, 0.3) is 11.3 Å².